The SMILES string of the molecule is Cc1cccc(NC(N)=NCc2cccc(OCc3ccccn3)c2)c1.I. The highest BCUT2D eigenvalue weighted by atomic mass is 127. The number of rotatable bonds is 6. The summed E-state index contributed by atoms with van der Waals surface area (Å²) in [5, 5.41) is 3.10. The molecule has 1 heterocycles. The second kappa shape index (κ2) is 10.5. The molecule has 27 heavy (non-hydrogen) atoms. The van der Waals surface area contributed by atoms with Crippen LogP contribution in [0.25, 0.3) is 0 Å². The van der Waals surface area contributed by atoms with Crippen molar-refractivity contribution in [2.75, 3.05) is 5.32 Å². The average Bonchev–Trinajstić information content (AvgIpc) is 2.66. The summed E-state index contributed by atoms with van der Waals surface area (Å²) >= 11 is 0. The number of halogens is 1. The van der Waals surface area contributed by atoms with Crippen LogP contribution in [0, 0.1) is 6.92 Å². The number of aliphatic imine (C=N–C) groups is 1. The minimum absolute atomic E-state index is 0. The molecule has 0 bridgehead atoms. The zero-order chi connectivity index (χ0) is 18.2. The molecule has 0 amide bonds. The molecule has 0 fully saturated rings. The predicted molar refractivity (Wildman–Crippen MR) is 121 cm³/mol. The van der Waals surface area contributed by atoms with E-state index in [1.807, 2.05) is 73.7 Å². The number of nitrogens with one attached hydrogen (secondary N) is 1. The van der Waals surface area contributed by atoms with Crippen LogP contribution in [0.4, 0.5) is 5.69 Å². The van der Waals surface area contributed by atoms with Gasteiger partial charge in [0.15, 0.2) is 5.96 Å². The van der Waals surface area contributed by atoms with Gasteiger partial charge in [-0.25, -0.2) is 4.99 Å². The second-order valence-corrected chi connectivity index (χ2v) is 5.95. The maximum Gasteiger partial charge on any atom is 0.193 e. The van der Waals surface area contributed by atoms with Crippen molar-refractivity contribution in [1.29, 1.82) is 0 Å². The van der Waals surface area contributed by atoms with Crippen molar-refractivity contribution in [2.24, 2.45) is 10.7 Å². The zero-order valence-corrected chi connectivity index (χ0v) is 17.5. The number of benzene rings is 2. The maximum absolute atomic E-state index is 5.98. The minimum atomic E-state index is 0. The monoisotopic (exact) mass is 474 g/mol. The molecular formula is C21H23IN4O. The summed E-state index contributed by atoms with van der Waals surface area (Å²) < 4.78 is 5.79. The van der Waals surface area contributed by atoms with Gasteiger partial charge in [0.1, 0.15) is 12.4 Å². The van der Waals surface area contributed by atoms with Gasteiger partial charge >= 0.3 is 0 Å². The molecule has 3 N–H and O–H groups in total. The van der Waals surface area contributed by atoms with Crippen molar-refractivity contribution >= 4 is 35.6 Å². The topological polar surface area (TPSA) is 72.5 Å². The van der Waals surface area contributed by atoms with Crippen LogP contribution in [-0.4, -0.2) is 10.9 Å². The fourth-order valence-electron chi connectivity index (χ4n) is 2.46. The first-order valence-corrected chi connectivity index (χ1v) is 8.44. The molecule has 0 unspecified atom stereocenters. The minimum Gasteiger partial charge on any atom is -0.487 e. The van der Waals surface area contributed by atoms with E-state index >= 15 is 0 Å². The Morgan fingerprint density at radius 1 is 1.07 bits per heavy atom. The molecule has 3 rings (SSSR count). The summed E-state index contributed by atoms with van der Waals surface area (Å²) in [4.78, 5) is 8.64. The van der Waals surface area contributed by atoms with Gasteiger partial charge in [-0.2, -0.15) is 0 Å². The van der Waals surface area contributed by atoms with Gasteiger partial charge in [-0.15, -0.1) is 24.0 Å². The van der Waals surface area contributed by atoms with Crippen LogP contribution in [0.15, 0.2) is 77.9 Å². The van der Waals surface area contributed by atoms with Crippen LogP contribution < -0.4 is 15.8 Å². The van der Waals surface area contributed by atoms with E-state index < -0.39 is 0 Å². The van der Waals surface area contributed by atoms with Gasteiger partial charge in [-0.05, 0) is 54.4 Å². The molecule has 0 saturated carbocycles. The molecule has 0 aliphatic heterocycles. The Kier molecular flexibility index (Phi) is 8.06. The Morgan fingerprint density at radius 2 is 1.93 bits per heavy atom. The quantitative estimate of drug-likeness (QED) is 0.313. The lowest BCUT2D eigenvalue weighted by atomic mass is 10.2. The molecule has 2 aromatic carbocycles. The van der Waals surface area contributed by atoms with Crippen LogP contribution >= 0.6 is 24.0 Å². The first kappa shape index (κ1) is 20.7. The highest BCUT2D eigenvalue weighted by Crippen LogP contribution is 2.16. The summed E-state index contributed by atoms with van der Waals surface area (Å²) in [6.07, 6.45) is 1.76. The largest absolute Gasteiger partial charge is 0.487 e. The molecule has 3 aromatic rings. The third-order valence-electron chi connectivity index (χ3n) is 3.73. The van der Waals surface area contributed by atoms with Gasteiger partial charge < -0.3 is 15.8 Å². The predicted octanol–water partition coefficient (Wildman–Crippen LogP) is 4.51. The molecule has 0 aliphatic rings. The molecule has 0 aliphatic carbocycles. The normalized spacial score (nSPS) is 10.8. The van der Waals surface area contributed by atoms with Crippen molar-refractivity contribution in [3.8, 4) is 5.75 Å². The molecule has 0 radical (unpaired) electrons. The van der Waals surface area contributed by atoms with Gasteiger partial charge in [0.2, 0.25) is 0 Å². The summed E-state index contributed by atoms with van der Waals surface area (Å²) in [6, 6.07) is 21.6. The summed E-state index contributed by atoms with van der Waals surface area (Å²) in [5.74, 6) is 1.17. The van der Waals surface area contributed by atoms with E-state index in [0.717, 1.165) is 22.7 Å². The van der Waals surface area contributed by atoms with Crippen molar-refractivity contribution in [2.45, 2.75) is 20.1 Å². The van der Waals surface area contributed by atoms with Gasteiger partial charge in [-0.1, -0.05) is 30.3 Å². The number of hydrogen-bond donors (Lipinski definition) is 2. The number of guanidine groups is 1. The number of aryl methyl sites for hydroxylation is 1. The summed E-state index contributed by atoms with van der Waals surface area (Å²) in [5.41, 5.74) is 9.99. The lowest BCUT2D eigenvalue weighted by molar-refractivity contribution is 0.301. The van der Waals surface area contributed by atoms with Crippen molar-refractivity contribution < 1.29 is 4.74 Å². The zero-order valence-electron chi connectivity index (χ0n) is 15.1. The smallest absolute Gasteiger partial charge is 0.193 e. The molecule has 140 valence electrons. The van der Waals surface area contributed by atoms with Crippen LogP contribution in [0.5, 0.6) is 5.75 Å². The number of nitrogens with zero attached hydrogens (tertiary/aromatic N) is 2. The fourth-order valence-corrected chi connectivity index (χ4v) is 2.46. The first-order valence-electron chi connectivity index (χ1n) is 8.44. The maximum atomic E-state index is 5.98. The van der Waals surface area contributed by atoms with Gasteiger partial charge in [0.25, 0.3) is 0 Å². The standard InChI is InChI=1S/C21H22N4O.HI/c1-16-6-4-9-18(12-16)25-21(22)24-14-17-7-5-10-20(13-17)26-15-19-8-2-3-11-23-19;/h2-13H,14-15H2,1H3,(H3,22,24,25);1H. The highest BCUT2D eigenvalue weighted by molar-refractivity contribution is 14.0. The Balaban J connectivity index is 0.00000261. The van der Waals surface area contributed by atoms with Crippen LogP contribution in [0.1, 0.15) is 16.8 Å². The van der Waals surface area contributed by atoms with Crippen molar-refractivity contribution in [3.63, 3.8) is 0 Å². The second-order valence-electron chi connectivity index (χ2n) is 5.95. The van der Waals surface area contributed by atoms with Crippen molar-refractivity contribution in [1.82, 2.24) is 4.98 Å². The lowest BCUT2D eigenvalue weighted by Gasteiger charge is -2.08. The van der Waals surface area contributed by atoms with Crippen LogP contribution in [-0.2, 0) is 13.2 Å². The van der Waals surface area contributed by atoms with E-state index in [0.29, 0.717) is 19.1 Å². The van der Waals surface area contributed by atoms with E-state index in [-0.39, 0.29) is 24.0 Å². The first-order chi connectivity index (χ1) is 12.7. The Labute approximate surface area is 176 Å². The molecule has 0 saturated heterocycles. The molecule has 6 heteroatoms. The van der Waals surface area contributed by atoms with Gasteiger partial charge in [0, 0.05) is 11.9 Å². The number of pyridine rings is 1. The average molecular weight is 474 g/mol. The van der Waals surface area contributed by atoms with E-state index in [2.05, 4.69) is 15.3 Å². The van der Waals surface area contributed by atoms with E-state index in [4.69, 9.17) is 10.5 Å². The Bertz CT molecular complexity index is 884. The van der Waals surface area contributed by atoms with E-state index in [9.17, 15) is 0 Å². The number of hydrogen-bond acceptors (Lipinski definition) is 3. The number of ether oxygens (including phenoxy) is 1. The summed E-state index contributed by atoms with van der Waals surface area (Å²) in [6.45, 7) is 2.95. The third kappa shape index (κ3) is 6.90. The van der Waals surface area contributed by atoms with Gasteiger partial charge in [0.05, 0.1) is 12.2 Å². The Morgan fingerprint density at radius 3 is 2.70 bits per heavy atom. The van der Waals surface area contributed by atoms with E-state index in [1.165, 1.54) is 5.56 Å². The summed E-state index contributed by atoms with van der Waals surface area (Å²) in [7, 11) is 0. The Hall–Kier alpha value is -2.61. The molecule has 0 spiro atoms. The molecule has 5 nitrogen and oxygen atoms in total. The number of anilines is 1. The molecular weight excluding hydrogens is 451 g/mol. The molecule has 1 aromatic heterocycles. The van der Waals surface area contributed by atoms with Crippen molar-refractivity contribution in [3.05, 3.63) is 89.7 Å². The molecule has 0 atom stereocenters. The number of nitrogens with two attached hydrogens (primary N) is 1. The van der Waals surface area contributed by atoms with Gasteiger partial charge in [-0.3, -0.25) is 4.98 Å². The number of aromatic nitrogens is 1. The third-order valence-corrected chi connectivity index (χ3v) is 3.73. The van der Waals surface area contributed by atoms with Crippen LogP contribution in [0.3, 0.4) is 0 Å². The van der Waals surface area contributed by atoms with Crippen LogP contribution in [0.2, 0.25) is 0 Å². The fraction of sp³-hybridized carbons (Fsp3) is 0.143. The lowest BCUT2D eigenvalue weighted by Crippen LogP contribution is -2.22. The van der Waals surface area contributed by atoms with E-state index in [1.54, 1.807) is 6.20 Å². The highest BCUT2D eigenvalue weighted by Gasteiger charge is 2.00.